The highest BCUT2D eigenvalue weighted by atomic mass is 32.2. The van der Waals surface area contributed by atoms with Gasteiger partial charge in [-0.3, -0.25) is 9.89 Å². The molecule has 1 aliphatic rings. The second-order valence-electron chi connectivity index (χ2n) is 5.41. The van der Waals surface area contributed by atoms with Crippen molar-refractivity contribution in [2.75, 3.05) is 18.8 Å². The van der Waals surface area contributed by atoms with E-state index in [2.05, 4.69) is 22.1 Å². The predicted molar refractivity (Wildman–Crippen MR) is 89.4 cm³/mol. The Hall–Kier alpha value is -1.34. The first-order valence-electron chi connectivity index (χ1n) is 7.60. The molecule has 2 aromatic heterocycles. The molecule has 0 bridgehead atoms. The number of hydrogen-bond donors (Lipinski definition) is 1. The van der Waals surface area contributed by atoms with Gasteiger partial charge in [-0.25, -0.2) is 4.98 Å². The molecule has 22 heavy (non-hydrogen) atoms. The van der Waals surface area contributed by atoms with Gasteiger partial charge in [0, 0.05) is 36.3 Å². The maximum absolute atomic E-state index is 12.5. The number of piperidine rings is 1. The van der Waals surface area contributed by atoms with Crippen molar-refractivity contribution < 1.29 is 4.79 Å². The van der Waals surface area contributed by atoms with Crippen LogP contribution in [0, 0.1) is 0 Å². The van der Waals surface area contributed by atoms with Crippen LogP contribution in [0.15, 0.2) is 22.0 Å². The monoisotopic (exact) mass is 336 g/mol. The number of nitrogens with one attached hydrogen (secondary N) is 1. The molecule has 0 radical (unpaired) electrons. The molecule has 0 aromatic carbocycles. The zero-order valence-corrected chi connectivity index (χ0v) is 14.3. The second kappa shape index (κ2) is 7.28. The number of aromatic nitrogens is 3. The molecule has 1 saturated heterocycles. The third-order valence-corrected chi connectivity index (χ3v) is 5.82. The number of thiazole rings is 1. The number of rotatable bonds is 5. The molecule has 3 heterocycles. The molecule has 7 heteroatoms. The number of likely N-dealkylation sites (tertiary alicyclic amines) is 1. The van der Waals surface area contributed by atoms with Crippen LogP contribution in [-0.2, 0) is 11.2 Å². The van der Waals surface area contributed by atoms with Gasteiger partial charge in [0.25, 0.3) is 0 Å². The molecule has 0 aliphatic carbocycles. The van der Waals surface area contributed by atoms with Crippen molar-refractivity contribution in [3.05, 3.63) is 29.0 Å². The van der Waals surface area contributed by atoms with Crippen LogP contribution in [-0.4, -0.2) is 44.8 Å². The number of carbonyl (C=O) groups excluding carboxylic acids is 1. The van der Waals surface area contributed by atoms with Gasteiger partial charge in [-0.1, -0.05) is 18.7 Å². The minimum absolute atomic E-state index is 0.183. The van der Waals surface area contributed by atoms with E-state index in [1.54, 1.807) is 29.3 Å². The summed E-state index contributed by atoms with van der Waals surface area (Å²) in [5.41, 5.74) is 2.03. The van der Waals surface area contributed by atoms with Crippen LogP contribution in [0.3, 0.4) is 0 Å². The molecule has 3 rings (SSSR count). The van der Waals surface area contributed by atoms with E-state index in [4.69, 9.17) is 0 Å². The smallest absolute Gasteiger partial charge is 0.228 e. The van der Waals surface area contributed by atoms with Gasteiger partial charge in [-0.05, 0) is 24.7 Å². The number of aromatic amines is 1. The Bertz CT molecular complexity index is 611. The van der Waals surface area contributed by atoms with E-state index in [-0.39, 0.29) is 5.91 Å². The summed E-state index contributed by atoms with van der Waals surface area (Å²) in [6.45, 7) is 3.74. The van der Waals surface area contributed by atoms with Crippen molar-refractivity contribution in [3.63, 3.8) is 0 Å². The summed E-state index contributed by atoms with van der Waals surface area (Å²) in [4.78, 5) is 19.0. The SMILES string of the molecule is CCSc1nc(CC(=O)N2CCC[C@H](c3ccn[nH]3)C2)cs1. The topological polar surface area (TPSA) is 61.9 Å². The summed E-state index contributed by atoms with van der Waals surface area (Å²) in [6, 6.07) is 2.01. The molecule has 0 unspecified atom stereocenters. The lowest BCUT2D eigenvalue weighted by molar-refractivity contribution is -0.131. The number of thioether (sulfide) groups is 1. The molecule has 0 spiro atoms. The Morgan fingerprint density at radius 3 is 3.27 bits per heavy atom. The van der Waals surface area contributed by atoms with E-state index in [1.807, 2.05) is 16.3 Å². The van der Waals surface area contributed by atoms with Crippen LogP contribution >= 0.6 is 23.1 Å². The number of nitrogens with zero attached hydrogens (tertiary/aromatic N) is 3. The molecular formula is C15H20N4OS2. The maximum atomic E-state index is 12.5. The van der Waals surface area contributed by atoms with Crippen molar-refractivity contribution >= 4 is 29.0 Å². The van der Waals surface area contributed by atoms with Crippen molar-refractivity contribution in [2.24, 2.45) is 0 Å². The van der Waals surface area contributed by atoms with E-state index in [0.717, 1.165) is 47.4 Å². The molecule has 1 atom stereocenters. The Kier molecular flexibility index (Phi) is 5.15. The van der Waals surface area contributed by atoms with Gasteiger partial charge < -0.3 is 4.90 Å². The Morgan fingerprint density at radius 1 is 1.59 bits per heavy atom. The largest absolute Gasteiger partial charge is 0.342 e. The molecular weight excluding hydrogens is 316 g/mol. The number of H-pyrrole nitrogens is 1. The van der Waals surface area contributed by atoms with Crippen molar-refractivity contribution in [3.8, 4) is 0 Å². The summed E-state index contributed by atoms with van der Waals surface area (Å²) < 4.78 is 1.05. The van der Waals surface area contributed by atoms with Gasteiger partial charge >= 0.3 is 0 Å². The van der Waals surface area contributed by atoms with Gasteiger partial charge in [0.05, 0.1) is 12.1 Å². The lowest BCUT2D eigenvalue weighted by atomic mass is 9.94. The number of hydrogen-bond acceptors (Lipinski definition) is 5. The quantitative estimate of drug-likeness (QED) is 0.853. The van der Waals surface area contributed by atoms with Gasteiger partial charge in [0.2, 0.25) is 5.91 Å². The minimum atomic E-state index is 0.183. The minimum Gasteiger partial charge on any atom is -0.342 e. The standard InChI is InChI=1S/C15H20N4OS2/c1-2-21-15-17-12(10-22-15)8-14(20)19-7-3-4-11(9-19)13-5-6-16-18-13/h5-6,10-11H,2-4,7-9H2,1H3,(H,16,18)/t11-/m0/s1. The predicted octanol–water partition coefficient (Wildman–Crippen LogP) is 2.93. The fourth-order valence-electron chi connectivity index (χ4n) is 2.78. The van der Waals surface area contributed by atoms with Crippen LogP contribution in [0.1, 0.15) is 37.1 Å². The molecule has 0 saturated carbocycles. The molecule has 1 aliphatic heterocycles. The van der Waals surface area contributed by atoms with E-state index in [9.17, 15) is 4.79 Å². The first-order chi connectivity index (χ1) is 10.8. The second-order valence-corrected chi connectivity index (χ2v) is 7.77. The van der Waals surface area contributed by atoms with Crippen LogP contribution in [0.4, 0.5) is 0 Å². The first-order valence-corrected chi connectivity index (χ1v) is 9.47. The Morgan fingerprint density at radius 2 is 2.50 bits per heavy atom. The first kappa shape index (κ1) is 15.6. The Balaban J connectivity index is 1.59. The van der Waals surface area contributed by atoms with Crippen LogP contribution < -0.4 is 0 Å². The van der Waals surface area contributed by atoms with Crippen molar-refractivity contribution in [1.29, 1.82) is 0 Å². The number of amides is 1. The molecule has 1 fully saturated rings. The van der Waals surface area contributed by atoms with E-state index >= 15 is 0 Å². The van der Waals surface area contributed by atoms with E-state index in [0.29, 0.717) is 12.3 Å². The average molecular weight is 336 g/mol. The third kappa shape index (κ3) is 3.70. The van der Waals surface area contributed by atoms with Crippen LogP contribution in [0.2, 0.25) is 0 Å². The maximum Gasteiger partial charge on any atom is 0.228 e. The van der Waals surface area contributed by atoms with Gasteiger partial charge in [-0.2, -0.15) is 5.10 Å². The molecule has 5 nitrogen and oxygen atoms in total. The average Bonchev–Trinajstić information content (AvgIpc) is 3.20. The molecule has 118 valence electrons. The van der Waals surface area contributed by atoms with Crippen LogP contribution in [0.5, 0.6) is 0 Å². The van der Waals surface area contributed by atoms with Gasteiger partial charge in [0.15, 0.2) is 0 Å². The lowest BCUT2D eigenvalue weighted by Gasteiger charge is -2.32. The summed E-state index contributed by atoms with van der Waals surface area (Å²) in [7, 11) is 0. The highest BCUT2D eigenvalue weighted by molar-refractivity contribution is 8.00. The van der Waals surface area contributed by atoms with Crippen molar-refractivity contribution in [1.82, 2.24) is 20.1 Å². The van der Waals surface area contributed by atoms with Crippen molar-refractivity contribution in [2.45, 2.75) is 36.4 Å². The zero-order chi connectivity index (χ0) is 15.4. The van der Waals surface area contributed by atoms with E-state index < -0.39 is 0 Å². The highest BCUT2D eigenvalue weighted by Crippen LogP contribution is 2.26. The van der Waals surface area contributed by atoms with Crippen LogP contribution in [0.25, 0.3) is 0 Å². The lowest BCUT2D eigenvalue weighted by Crippen LogP contribution is -2.40. The highest BCUT2D eigenvalue weighted by Gasteiger charge is 2.25. The Labute approximate surface area is 138 Å². The fraction of sp³-hybridized carbons (Fsp3) is 0.533. The normalized spacial score (nSPS) is 18.6. The third-order valence-electron chi connectivity index (χ3n) is 3.87. The number of carbonyl (C=O) groups is 1. The zero-order valence-electron chi connectivity index (χ0n) is 12.6. The summed E-state index contributed by atoms with van der Waals surface area (Å²) in [5.74, 6) is 1.57. The molecule has 2 aromatic rings. The van der Waals surface area contributed by atoms with Gasteiger partial charge in [-0.15, -0.1) is 11.3 Å². The van der Waals surface area contributed by atoms with Gasteiger partial charge in [0.1, 0.15) is 4.34 Å². The van der Waals surface area contributed by atoms with E-state index in [1.165, 1.54) is 0 Å². The summed E-state index contributed by atoms with van der Waals surface area (Å²) >= 11 is 3.36. The summed E-state index contributed by atoms with van der Waals surface area (Å²) in [5, 5.41) is 9.05. The molecule has 1 amide bonds. The summed E-state index contributed by atoms with van der Waals surface area (Å²) in [6.07, 6.45) is 4.35. The molecule has 1 N–H and O–H groups in total. The fourth-order valence-corrected chi connectivity index (χ4v) is 4.52.